The van der Waals surface area contributed by atoms with Gasteiger partial charge in [0.25, 0.3) is 11.8 Å². The predicted octanol–water partition coefficient (Wildman–Crippen LogP) is 1.50. The van der Waals surface area contributed by atoms with E-state index >= 15 is 0 Å². The summed E-state index contributed by atoms with van der Waals surface area (Å²) in [6.07, 6.45) is 5.21. The molecule has 2 aromatic rings. The van der Waals surface area contributed by atoms with Crippen molar-refractivity contribution < 1.29 is 18.7 Å². The lowest BCUT2D eigenvalue weighted by Gasteiger charge is -2.30. The third kappa shape index (κ3) is 4.78. The van der Waals surface area contributed by atoms with Crippen LogP contribution < -0.4 is 27.0 Å². The molecule has 10 nitrogen and oxygen atoms in total. The zero-order valence-corrected chi connectivity index (χ0v) is 17.5. The summed E-state index contributed by atoms with van der Waals surface area (Å²) in [7, 11) is 0. The fourth-order valence-electron chi connectivity index (χ4n) is 3.90. The van der Waals surface area contributed by atoms with E-state index in [1.54, 1.807) is 12.1 Å². The summed E-state index contributed by atoms with van der Waals surface area (Å²) in [6, 6.07) is 4.20. The third-order valence-corrected chi connectivity index (χ3v) is 5.66. The lowest BCUT2D eigenvalue weighted by molar-refractivity contribution is -0.125. The monoisotopic (exact) mass is 443 g/mol. The molecule has 1 saturated carbocycles. The Labute approximate surface area is 184 Å². The van der Waals surface area contributed by atoms with Crippen LogP contribution in [0.3, 0.4) is 0 Å². The van der Waals surface area contributed by atoms with Crippen molar-refractivity contribution in [1.29, 1.82) is 0 Å². The van der Waals surface area contributed by atoms with E-state index in [9.17, 15) is 14.0 Å². The van der Waals surface area contributed by atoms with Crippen LogP contribution in [0.2, 0.25) is 0 Å². The first-order chi connectivity index (χ1) is 15.4. The number of carbonyl (C=O) groups is 2. The van der Waals surface area contributed by atoms with Crippen molar-refractivity contribution in [2.75, 3.05) is 35.3 Å². The van der Waals surface area contributed by atoms with Crippen LogP contribution in [0.5, 0.6) is 0 Å². The van der Waals surface area contributed by atoms with Gasteiger partial charge in [-0.2, -0.15) is 0 Å². The summed E-state index contributed by atoms with van der Waals surface area (Å²) < 4.78 is 19.8. The van der Waals surface area contributed by atoms with Gasteiger partial charge in [-0.25, -0.2) is 14.4 Å². The van der Waals surface area contributed by atoms with Crippen molar-refractivity contribution in [3.63, 3.8) is 0 Å². The van der Waals surface area contributed by atoms with Gasteiger partial charge in [0.15, 0.2) is 11.6 Å². The highest BCUT2D eigenvalue weighted by Crippen LogP contribution is 2.27. The molecule has 1 aliphatic heterocycles. The fraction of sp³-hybridized carbons (Fsp3) is 0.429. The number of nitrogens with zero attached hydrogens (tertiary/aromatic N) is 3. The van der Waals surface area contributed by atoms with Crippen LogP contribution in [0.15, 0.2) is 24.4 Å². The predicted molar refractivity (Wildman–Crippen MR) is 117 cm³/mol. The van der Waals surface area contributed by atoms with Crippen molar-refractivity contribution in [2.24, 2.45) is 11.5 Å². The molecule has 1 aliphatic carbocycles. The summed E-state index contributed by atoms with van der Waals surface area (Å²) >= 11 is 0. The maximum absolute atomic E-state index is 14.6. The molecule has 2 amide bonds. The van der Waals surface area contributed by atoms with Crippen molar-refractivity contribution >= 4 is 35.0 Å². The first kappa shape index (κ1) is 21.9. The van der Waals surface area contributed by atoms with E-state index in [0.29, 0.717) is 24.7 Å². The molecule has 4 rings (SSSR count). The molecule has 1 saturated heterocycles. The molecule has 2 unspecified atom stereocenters. The van der Waals surface area contributed by atoms with Gasteiger partial charge in [-0.05, 0) is 31.0 Å². The highest BCUT2D eigenvalue weighted by Gasteiger charge is 2.25. The number of hydrogen-bond acceptors (Lipinski definition) is 8. The maximum Gasteiger partial charge on any atom is 0.254 e. The Morgan fingerprint density at radius 3 is 2.75 bits per heavy atom. The molecule has 0 radical (unpaired) electrons. The zero-order valence-electron chi connectivity index (χ0n) is 17.5. The van der Waals surface area contributed by atoms with Crippen molar-refractivity contribution in [1.82, 2.24) is 9.97 Å². The number of morpholine rings is 1. The Kier molecular flexibility index (Phi) is 6.47. The van der Waals surface area contributed by atoms with Gasteiger partial charge in [-0.3, -0.25) is 14.5 Å². The number of primary amides is 1. The zero-order chi connectivity index (χ0) is 22.7. The normalized spacial score (nSPS) is 21.3. The minimum atomic E-state index is -0.816. The second kappa shape index (κ2) is 9.45. The standard InChI is InChI=1S/C21H26FN7O3/c22-14-9-13(19(24)31)20(28-21(14)27-16-4-2-1-3-15(16)23)26-12-5-6-17(25-10-12)29-7-8-32-11-18(29)30/h5-6,9-10,15-16H,1-4,7-8,11,23H2,(H2,24,31)(H2,26,27,28). The average Bonchev–Trinajstić information content (AvgIpc) is 2.78. The Hall–Kier alpha value is -3.31. The van der Waals surface area contributed by atoms with Crippen molar-refractivity contribution in [3.8, 4) is 0 Å². The van der Waals surface area contributed by atoms with Gasteiger partial charge >= 0.3 is 0 Å². The number of pyridine rings is 2. The maximum atomic E-state index is 14.6. The summed E-state index contributed by atoms with van der Waals surface area (Å²) in [5.41, 5.74) is 12.0. The summed E-state index contributed by atoms with van der Waals surface area (Å²) in [6.45, 7) is 0.876. The van der Waals surface area contributed by atoms with Gasteiger partial charge in [0.2, 0.25) is 0 Å². The molecular weight excluding hydrogens is 417 g/mol. The van der Waals surface area contributed by atoms with Gasteiger partial charge in [-0.1, -0.05) is 12.8 Å². The van der Waals surface area contributed by atoms with Crippen LogP contribution in [-0.4, -0.2) is 53.6 Å². The summed E-state index contributed by atoms with van der Waals surface area (Å²) in [5.74, 6) is -1.08. The summed E-state index contributed by atoms with van der Waals surface area (Å²) in [5, 5.41) is 6.04. The van der Waals surface area contributed by atoms with Crippen molar-refractivity contribution in [2.45, 2.75) is 37.8 Å². The number of aromatic nitrogens is 2. The average molecular weight is 443 g/mol. The molecule has 2 aliphatic rings. The number of anilines is 4. The molecule has 2 fully saturated rings. The van der Waals surface area contributed by atoms with Crippen LogP contribution in [0, 0.1) is 5.82 Å². The van der Waals surface area contributed by atoms with Crippen molar-refractivity contribution in [3.05, 3.63) is 35.8 Å². The molecule has 6 N–H and O–H groups in total. The molecule has 3 heterocycles. The van der Waals surface area contributed by atoms with E-state index in [1.807, 2.05) is 0 Å². The van der Waals surface area contributed by atoms with Gasteiger partial charge in [0.05, 0.1) is 30.6 Å². The topological polar surface area (TPSA) is 148 Å². The number of rotatable bonds is 6. The highest BCUT2D eigenvalue weighted by molar-refractivity contribution is 5.98. The lowest BCUT2D eigenvalue weighted by atomic mass is 9.91. The molecule has 2 aromatic heterocycles. The fourth-order valence-corrected chi connectivity index (χ4v) is 3.90. The number of halogens is 1. The number of hydrogen-bond donors (Lipinski definition) is 4. The lowest BCUT2D eigenvalue weighted by Crippen LogP contribution is -2.43. The van der Waals surface area contributed by atoms with Crippen LogP contribution in [-0.2, 0) is 9.53 Å². The van der Waals surface area contributed by atoms with Gasteiger partial charge in [0, 0.05) is 12.1 Å². The number of amides is 2. The minimum absolute atomic E-state index is 0.00310. The quantitative estimate of drug-likeness (QED) is 0.525. The molecule has 170 valence electrons. The number of carbonyl (C=O) groups excluding carboxylic acids is 2. The Morgan fingerprint density at radius 1 is 1.25 bits per heavy atom. The van der Waals surface area contributed by atoms with E-state index in [2.05, 4.69) is 20.6 Å². The number of ether oxygens (including phenoxy) is 1. The Bertz CT molecular complexity index is 1000. The largest absolute Gasteiger partial charge is 0.370 e. The SMILES string of the molecule is NC(=O)c1cc(F)c(NC2CCCCC2N)nc1Nc1ccc(N2CCOCC2=O)nc1. The van der Waals surface area contributed by atoms with Crippen LogP contribution >= 0.6 is 0 Å². The molecule has 0 bridgehead atoms. The van der Waals surface area contributed by atoms with Crippen LogP contribution in [0.4, 0.5) is 27.5 Å². The van der Waals surface area contributed by atoms with E-state index in [4.69, 9.17) is 16.2 Å². The molecule has 0 aromatic carbocycles. The molecule has 2 atom stereocenters. The van der Waals surface area contributed by atoms with Crippen LogP contribution in [0.1, 0.15) is 36.0 Å². The number of nitrogens with two attached hydrogens (primary N) is 2. The first-order valence-corrected chi connectivity index (χ1v) is 10.6. The highest BCUT2D eigenvalue weighted by atomic mass is 19.1. The van der Waals surface area contributed by atoms with Crippen LogP contribution in [0.25, 0.3) is 0 Å². The minimum Gasteiger partial charge on any atom is -0.370 e. The second-order valence-corrected chi connectivity index (χ2v) is 7.91. The number of nitrogens with one attached hydrogen (secondary N) is 2. The van der Waals surface area contributed by atoms with Gasteiger partial charge < -0.3 is 26.8 Å². The van der Waals surface area contributed by atoms with E-state index in [0.717, 1.165) is 31.7 Å². The second-order valence-electron chi connectivity index (χ2n) is 7.91. The Morgan fingerprint density at radius 2 is 2.06 bits per heavy atom. The van der Waals surface area contributed by atoms with E-state index in [1.165, 1.54) is 11.1 Å². The van der Waals surface area contributed by atoms with E-state index < -0.39 is 11.7 Å². The van der Waals surface area contributed by atoms with Gasteiger partial charge in [0.1, 0.15) is 18.2 Å². The van der Waals surface area contributed by atoms with Gasteiger partial charge in [-0.15, -0.1) is 0 Å². The first-order valence-electron chi connectivity index (χ1n) is 10.6. The third-order valence-electron chi connectivity index (χ3n) is 5.66. The molecule has 11 heteroatoms. The molecule has 0 spiro atoms. The smallest absolute Gasteiger partial charge is 0.254 e. The molecule has 32 heavy (non-hydrogen) atoms. The summed E-state index contributed by atoms with van der Waals surface area (Å²) in [4.78, 5) is 34.0. The Balaban J connectivity index is 1.56. The molecular formula is C21H26FN7O3. The van der Waals surface area contributed by atoms with E-state index in [-0.39, 0.29) is 41.8 Å².